The van der Waals surface area contributed by atoms with E-state index in [1.54, 1.807) is 12.4 Å². The van der Waals surface area contributed by atoms with Crippen molar-refractivity contribution in [2.75, 3.05) is 26.2 Å². The quantitative estimate of drug-likeness (QED) is 0.849. The zero-order valence-electron chi connectivity index (χ0n) is 14.6. The van der Waals surface area contributed by atoms with Crippen LogP contribution >= 0.6 is 11.6 Å². The molecule has 1 aromatic carbocycles. The number of aliphatic hydroxyl groups is 1. The van der Waals surface area contributed by atoms with E-state index in [0.717, 1.165) is 49.4 Å². The minimum absolute atomic E-state index is 0.299. The molecule has 1 unspecified atom stereocenters. The molecular weight excluding hydrogens is 336 g/mol. The maximum absolute atomic E-state index is 10.5. The van der Waals surface area contributed by atoms with Crippen molar-refractivity contribution < 1.29 is 9.84 Å². The summed E-state index contributed by atoms with van der Waals surface area (Å²) < 4.78 is 5.83. The summed E-state index contributed by atoms with van der Waals surface area (Å²) in [5, 5.41) is 11.2. The number of hydrogen-bond donors (Lipinski definition) is 1. The molecule has 5 heteroatoms. The van der Waals surface area contributed by atoms with Crippen molar-refractivity contribution in [3.63, 3.8) is 0 Å². The van der Waals surface area contributed by atoms with E-state index in [9.17, 15) is 5.11 Å². The predicted molar refractivity (Wildman–Crippen MR) is 100 cm³/mol. The van der Waals surface area contributed by atoms with Crippen molar-refractivity contribution in [3.05, 3.63) is 58.9 Å². The van der Waals surface area contributed by atoms with Crippen LogP contribution in [0.25, 0.3) is 0 Å². The molecule has 2 aromatic rings. The van der Waals surface area contributed by atoms with Gasteiger partial charge in [-0.2, -0.15) is 0 Å². The summed E-state index contributed by atoms with van der Waals surface area (Å²) in [4.78, 5) is 6.49. The SMILES string of the molecule is Cc1ccc(Cl)c(OCCN2CCC(C(O)c3cccnc3)CC2)c1. The molecule has 0 aliphatic carbocycles. The number of hydrogen-bond acceptors (Lipinski definition) is 4. The van der Waals surface area contributed by atoms with Gasteiger partial charge in [0.25, 0.3) is 0 Å². The summed E-state index contributed by atoms with van der Waals surface area (Å²) in [6.45, 7) is 5.49. The molecule has 1 atom stereocenters. The number of aryl methyl sites for hydroxylation is 1. The fourth-order valence-corrected chi connectivity index (χ4v) is 3.49. The summed E-state index contributed by atoms with van der Waals surface area (Å²) in [5.41, 5.74) is 2.06. The minimum Gasteiger partial charge on any atom is -0.491 e. The number of rotatable bonds is 6. The summed E-state index contributed by atoms with van der Waals surface area (Å²) in [7, 11) is 0. The Morgan fingerprint density at radius 3 is 2.84 bits per heavy atom. The first kappa shape index (κ1) is 18.2. The van der Waals surface area contributed by atoms with Gasteiger partial charge < -0.3 is 9.84 Å². The zero-order chi connectivity index (χ0) is 17.6. The highest BCUT2D eigenvalue weighted by Crippen LogP contribution is 2.30. The molecule has 2 heterocycles. The molecule has 1 saturated heterocycles. The van der Waals surface area contributed by atoms with Crippen LogP contribution in [0, 0.1) is 12.8 Å². The van der Waals surface area contributed by atoms with Crippen LogP contribution in [0.5, 0.6) is 5.75 Å². The maximum atomic E-state index is 10.5. The Labute approximate surface area is 154 Å². The molecule has 1 N–H and O–H groups in total. The number of likely N-dealkylation sites (tertiary alicyclic amines) is 1. The Hall–Kier alpha value is -1.62. The van der Waals surface area contributed by atoms with Crippen LogP contribution in [-0.2, 0) is 0 Å². The molecular formula is C20H25ClN2O2. The fourth-order valence-electron chi connectivity index (χ4n) is 3.32. The van der Waals surface area contributed by atoms with Gasteiger partial charge in [0, 0.05) is 18.9 Å². The molecule has 0 bridgehead atoms. The normalized spacial score (nSPS) is 17.4. The van der Waals surface area contributed by atoms with Crippen molar-refractivity contribution in [3.8, 4) is 5.75 Å². The topological polar surface area (TPSA) is 45.6 Å². The third-order valence-corrected chi connectivity index (χ3v) is 5.17. The Morgan fingerprint density at radius 2 is 2.12 bits per heavy atom. The Bertz CT molecular complexity index is 673. The van der Waals surface area contributed by atoms with Crippen LogP contribution in [-0.4, -0.2) is 41.2 Å². The number of halogens is 1. The van der Waals surface area contributed by atoms with Gasteiger partial charge in [-0.3, -0.25) is 9.88 Å². The van der Waals surface area contributed by atoms with Gasteiger partial charge in [0.1, 0.15) is 12.4 Å². The van der Waals surface area contributed by atoms with Gasteiger partial charge in [-0.05, 0) is 68.1 Å². The second-order valence-corrected chi connectivity index (χ2v) is 7.10. The van der Waals surface area contributed by atoms with E-state index in [4.69, 9.17) is 16.3 Å². The van der Waals surface area contributed by atoms with Gasteiger partial charge in [0.2, 0.25) is 0 Å². The van der Waals surface area contributed by atoms with Gasteiger partial charge in [0.05, 0.1) is 11.1 Å². The molecule has 134 valence electrons. The first-order valence-corrected chi connectivity index (χ1v) is 9.20. The number of aromatic nitrogens is 1. The Morgan fingerprint density at radius 1 is 1.32 bits per heavy atom. The number of piperidine rings is 1. The van der Waals surface area contributed by atoms with Crippen molar-refractivity contribution in [1.29, 1.82) is 0 Å². The van der Waals surface area contributed by atoms with Crippen molar-refractivity contribution in [2.45, 2.75) is 25.9 Å². The highest BCUT2D eigenvalue weighted by molar-refractivity contribution is 6.32. The third-order valence-electron chi connectivity index (χ3n) is 4.86. The zero-order valence-corrected chi connectivity index (χ0v) is 15.3. The monoisotopic (exact) mass is 360 g/mol. The van der Waals surface area contributed by atoms with Crippen molar-refractivity contribution in [1.82, 2.24) is 9.88 Å². The van der Waals surface area contributed by atoms with Gasteiger partial charge >= 0.3 is 0 Å². The second kappa shape index (κ2) is 8.65. The summed E-state index contributed by atoms with van der Waals surface area (Å²) in [6.07, 6.45) is 5.05. The molecule has 1 aromatic heterocycles. The van der Waals surface area contributed by atoms with E-state index in [-0.39, 0.29) is 0 Å². The van der Waals surface area contributed by atoms with Crippen LogP contribution < -0.4 is 4.74 Å². The second-order valence-electron chi connectivity index (χ2n) is 6.69. The fraction of sp³-hybridized carbons (Fsp3) is 0.450. The first-order valence-electron chi connectivity index (χ1n) is 8.83. The molecule has 0 amide bonds. The molecule has 0 saturated carbocycles. The lowest BCUT2D eigenvalue weighted by molar-refractivity contribution is 0.0548. The molecule has 3 rings (SSSR count). The van der Waals surface area contributed by atoms with E-state index in [0.29, 0.717) is 17.5 Å². The number of benzene rings is 1. The van der Waals surface area contributed by atoms with E-state index in [1.165, 1.54) is 0 Å². The van der Waals surface area contributed by atoms with Crippen LogP contribution in [0.4, 0.5) is 0 Å². The molecule has 0 radical (unpaired) electrons. The highest BCUT2D eigenvalue weighted by atomic mass is 35.5. The minimum atomic E-state index is -0.418. The van der Waals surface area contributed by atoms with Gasteiger partial charge in [-0.25, -0.2) is 0 Å². The molecule has 4 nitrogen and oxygen atoms in total. The summed E-state index contributed by atoms with van der Waals surface area (Å²) in [5.74, 6) is 1.05. The lowest BCUT2D eigenvalue weighted by Crippen LogP contribution is -2.38. The molecule has 1 fully saturated rings. The number of ether oxygens (including phenoxy) is 1. The van der Waals surface area contributed by atoms with E-state index in [1.807, 2.05) is 37.3 Å². The maximum Gasteiger partial charge on any atom is 0.138 e. The van der Waals surface area contributed by atoms with E-state index in [2.05, 4.69) is 9.88 Å². The van der Waals surface area contributed by atoms with Gasteiger partial charge in [-0.15, -0.1) is 0 Å². The number of pyridine rings is 1. The smallest absolute Gasteiger partial charge is 0.138 e. The van der Waals surface area contributed by atoms with Crippen LogP contribution in [0.1, 0.15) is 30.1 Å². The number of nitrogens with zero attached hydrogens (tertiary/aromatic N) is 2. The largest absolute Gasteiger partial charge is 0.491 e. The highest BCUT2D eigenvalue weighted by Gasteiger charge is 2.26. The van der Waals surface area contributed by atoms with Gasteiger partial charge in [0.15, 0.2) is 0 Å². The van der Waals surface area contributed by atoms with Gasteiger partial charge in [-0.1, -0.05) is 23.7 Å². The Kier molecular flexibility index (Phi) is 6.29. The molecule has 0 spiro atoms. The lowest BCUT2D eigenvalue weighted by Gasteiger charge is -2.34. The lowest BCUT2D eigenvalue weighted by atomic mass is 9.88. The number of aliphatic hydroxyl groups excluding tert-OH is 1. The van der Waals surface area contributed by atoms with Crippen LogP contribution in [0.3, 0.4) is 0 Å². The molecule has 25 heavy (non-hydrogen) atoms. The summed E-state index contributed by atoms with van der Waals surface area (Å²) in [6, 6.07) is 9.65. The molecule has 1 aliphatic heterocycles. The van der Waals surface area contributed by atoms with E-state index >= 15 is 0 Å². The van der Waals surface area contributed by atoms with E-state index < -0.39 is 6.10 Å². The third kappa shape index (κ3) is 4.94. The standard InChI is InChI=1S/C20H25ClN2O2/c1-15-4-5-18(21)19(13-15)25-12-11-23-9-6-16(7-10-23)20(24)17-3-2-8-22-14-17/h2-5,8,13-14,16,20,24H,6-7,9-12H2,1H3. The van der Waals surface area contributed by atoms with Crippen molar-refractivity contribution in [2.24, 2.45) is 5.92 Å². The van der Waals surface area contributed by atoms with Crippen LogP contribution in [0.15, 0.2) is 42.7 Å². The molecule has 1 aliphatic rings. The Balaban J connectivity index is 1.43. The van der Waals surface area contributed by atoms with Crippen molar-refractivity contribution >= 4 is 11.6 Å². The average molecular weight is 361 g/mol. The average Bonchev–Trinajstić information content (AvgIpc) is 2.65. The summed E-state index contributed by atoms with van der Waals surface area (Å²) >= 11 is 6.16. The predicted octanol–water partition coefficient (Wildman–Crippen LogP) is 3.87. The first-order chi connectivity index (χ1) is 12.1. The van der Waals surface area contributed by atoms with Crippen LogP contribution in [0.2, 0.25) is 5.02 Å².